The van der Waals surface area contributed by atoms with Gasteiger partial charge in [-0.2, -0.15) is 0 Å². The summed E-state index contributed by atoms with van der Waals surface area (Å²) in [6.45, 7) is 1.87. The lowest BCUT2D eigenvalue weighted by atomic mass is 10.2. The molecule has 1 unspecified atom stereocenters. The van der Waals surface area contributed by atoms with Crippen LogP contribution in [0.25, 0.3) is 0 Å². The van der Waals surface area contributed by atoms with Crippen LogP contribution < -0.4 is 4.72 Å². The minimum atomic E-state index is -3.51. The standard InChI is InChI=1S/C9H12ClN3O2S/c1-6(7-2-3-7)13-16(14,15)8-4-11-9(10)12-5-8/h4-7,13H,2-3H2,1H3. The number of rotatable bonds is 4. The van der Waals surface area contributed by atoms with Crippen molar-refractivity contribution in [3.8, 4) is 0 Å². The first-order valence-electron chi connectivity index (χ1n) is 4.99. The average molecular weight is 262 g/mol. The van der Waals surface area contributed by atoms with Crippen molar-refractivity contribution in [1.29, 1.82) is 0 Å². The van der Waals surface area contributed by atoms with Gasteiger partial charge in [0.05, 0.1) is 12.4 Å². The number of aromatic nitrogens is 2. The number of sulfonamides is 1. The van der Waals surface area contributed by atoms with Gasteiger partial charge in [0.25, 0.3) is 0 Å². The molecule has 0 radical (unpaired) electrons. The molecule has 1 atom stereocenters. The Labute approximate surface area is 99.3 Å². The van der Waals surface area contributed by atoms with E-state index in [2.05, 4.69) is 14.7 Å². The minimum Gasteiger partial charge on any atom is -0.225 e. The molecule has 2 rings (SSSR count). The zero-order chi connectivity index (χ0) is 11.8. The Hall–Kier alpha value is -0.720. The van der Waals surface area contributed by atoms with Crippen LogP contribution in [0.2, 0.25) is 5.28 Å². The second-order valence-corrected chi connectivity index (χ2v) is 5.99. The molecule has 1 heterocycles. The van der Waals surface area contributed by atoms with Gasteiger partial charge in [-0.15, -0.1) is 0 Å². The lowest BCUT2D eigenvalue weighted by molar-refractivity contribution is 0.537. The minimum absolute atomic E-state index is 0.0363. The van der Waals surface area contributed by atoms with Crippen LogP contribution in [0, 0.1) is 5.92 Å². The summed E-state index contributed by atoms with van der Waals surface area (Å²) < 4.78 is 26.3. The summed E-state index contributed by atoms with van der Waals surface area (Å²) >= 11 is 5.49. The third-order valence-corrected chi connectivity index (χ3v) is 4.29. The molecule has 1 fully saturated rings. The van der Waals surface area contributed by atoms with Crippen LogP contribution in [0.1, 0.15) is 19.8 Å². The normalized spacial score (nSPS) is 18.4. The number of hydrogen-bond acceptors (Lipinski definition) is 4. The van der Waals surface area contributed by atoms with Crippen molar-refractivity contribution in [3.63, 3.8) is 0 Å². The predicted octanol–water partition coefficient (Wildman–Crippen LogP) is 1.21. The van der Waals surface area contributed by atoms with E-state index < -0.39 is 10.0 Å². The average Bonchev–Trinajstić information content (AvgIpc) is 3.00. The predicted molar refractivity (Wildman–Crippen MR) is 59.5 cm³/mol. The fraction of sp³-hybridized carbons (Fsp3) is 0.556. The summed E-state index contributed by atoms with van der Waals surface area (Å²) in [6.07, 6.45) is 4.58. The van der Waals surface area contributed by atoms with Crippen LogP contribution >= 0.6 is 11.6 Å². The second-order valence-electron chi connectivity index (χ2n) is 3.94. The van der Waals surface area contributed by atoms with Gasteiger partial charge in [0.15, 0.2) is 0 Å². The Morgan fingerprint density at radius 2 is 2.00 bits per heavy atom. The SMILES string of the molecule is CC(NS(=O)(=O)c1cnc(Cl)nc1)C1CC1. The maximum Gasteiger partial charge on any atom is 0.243 e. The first kappa shape index (κ1) is 11.8. The maximum atomic E-state index is 11.9. The quantitative estimate of drug-likeness (QED) is 0.827. The van der Waals surface area contributed by atoms with E-state index in [0.717, 1.165) is 12.8 Å². The molecule has 1 aromatic heterocycles. The van der Waals surface area contributed by atoms with Gasteiger partial charge in [-0.25, -0.2) is 23.1 Å². The zero-order valence-electron chi connectivity index (χ0n) is 8.72. The molecule has 5 nitrogen and oxygen atoms in total. The van der Waals surface area contributed by atoms with Crippen LogP contribution in [-0.4, -0.2) is 24.4 Å². The van der Waals surface area contributed by atoms with E-state index in [1.165, 1.54) is 12.4 Å². The van der Waals surface area contributed by atoms with Crippen molar-refractivity contribution in [1.82, 2.24) is 14.7 Å². The number of nitrogens with zero attached hydrogens (tertiary/aromatic N) is 2. The molecule has 1 N–H and O–H groups in total. The highest BCUT2D eigenvalue weighted by molar-refractivity contribution is 7.89. The molecule has 7 heteroatoms. The number of nitrogens with one attached hydrogen (secondary N) is 1. The largest absolute Gasteiger partial charge is 0.243 e. The molecule has 1 aromatic rings. The Morgan fingerprint density at radius 1 is 1.44 bits per heavy atom. The summed E-state index contributed by atoms with van der Waals surface area (Å²) in [5.74, 6) is 0.461. The fourth-order valence-electron chi connectivity index (χ4n) is 1.44. The van der Waals surface area contributed by atoms with Crippen molar-refractivity contribution in [2.24, 2.45) is 5.92 Å². The van der Waals surface area contributed by atoms with Crippen LogP contribution in [0.3, 0.4) is 0 Å². The highest BCUT2D eigenvalue weighted by Gasteiger charge is 2.31. The Bertz CT molecular complexity index is 470. The van der Waals surface area contributed by atoms with Gasteiger partial charge in [-0.1, -0.05) is 0 Å². The molecule has 0 aliphatic heterocycles. The first-order valence-corrected chi connectivity index (χ1v) is 6.85. The van der Waals surface area contributed by atoms with E-state index in [1.54, 1.807) is 0 Å². The van der Waals surface area contributed by atoms with Crippen molar-refractivity contribution in [2.45, 2.75) is 30.7 Å². The second kappa shape index (κ2) is 4.27. The molecular weight excluding hydrogens is 250 g/mol. The van der Waals surface area contributed by atoms with E-state index in [4.69, 9.17) is 11.6 Å². The summed E-state index contributed by atoms with van der Waals surface area (Å²) in [7, 11) is -3.51. The molecule has 16 heavy (non-hydrogen) atoms. The van der Waals surface area contributed by atoms with E-state index >= 15 is 0 Å². The third-order valence-electron chi connectivity index (χ3n) is 2.58. The van der Waals surface area contributed by atoms with E-state index in [-0.39, 0.29) is 16.2 Å². The highest BCUT2D eigenvalue weighted by atomic mass is 35.5. The zero-order valence-corrected chi connectivity index (χ0v) is 10.3. The monoisotopic (exact) mass is 261 g/mol. The summed E-state index contributed by atoms with van der Waals surface area (Å²) in [5.41, 5.74) is 0. The third kappa shape index (κ3) is 2.69. The van der Waals surface area contributed by atoms with Gasteiger partial charge in [0.2, 0.25) is 15.3 Å². The van der Waals surface area contributed by atoms with Crippen LogP contribution in [0.5, 0.6) is 0 Å². The lowest BCUT2D eigenvalue weighted by Crippen LogP contribution is -2.34. The summed E-state index contributed by atoms with van der Waals surface area (Å²) in [5, 5.41) is 0.0363. The van der Waals surface area contributed by atoms with Crippen molar-refractivity contribution in [2.75, 3.05) is 0 Å². The van der Waals surface area contributed by atoms with Crippen LogP contribution in [0.4, 0.5) is 0 Å². The van der Waals surface area contributed by atoms with Gasteiger partial charge in [-0.3, -0.25) is 0 Å². The smallest absolute Gasteiger partial charge is 0.225 e. The van der Waals surface area contributed by atoms with E-state index in [0.29, 0.717) is 5.92 Å². The topological polar surface area (TPSA) is 72.0 Å². The highest BCUT2D eigenvalue weighted by Crippen LogP contribution is 2.32. The van der Waals surface area contributed by atoms with Gasteiger partial charge < -0.3 is 0 Å². The summed E-state index contributed by atoms with van der Waals surface area (Å²) in [6, 6.07) is -0.0410. The molecule has 1 aliphatic rings. The molecule has 0 saturated heterocycles. The van der Waals surface area contributed by atoms with Gasteiger partial charge in [0, 0.05) is 6.04 Å². The van der Waals surface area contributed by atoms with Crippen molar-refractivity contribution in [3.05, 3.63) is 17.7 Å². The van der Waals surface area contributed by atoms with E-state index in [9.17, 15) is 8.42 Å². The van der Waals surface area contributed by atoms with Crippen LogP contribution in [-0.2, 0) is 10.0 Å². The van der Waals surface area contributed by atoms with E-state index in [1.807, 2.05) is 6.92 Å². The molecule has 0 spiro atoms. The number of halogens is 1. The van der Waals surface area contributed by atoms with Gasteiger partial charge >= 0.3 is 0 Å². The Balaban J connectivity index is 2.14. The first-order chi connectivity index (χ1) is 7.49. The van der Waals surface area contributed by atoms with Crippen LogP contribution in [0.15, 0.2) is 17.3 Å². The molecule has 0 bridgehead atoms. The Kier molecular flexibility index (Phi) is 3.14. The number of hydrogen-bond donors (Lipinski definition) is 1. The van der Waals surface area contributed by atoms with Crippen molar-refractivity contribution < 1.29 is 8.42 Å². The molecule has 88 valence electrons. The molecule has 0 amide bonds. The van der Waals surface area contributed by atoms with Crippen molar-refractivity contribution >= 4 is 21.6 Å². The summed E-state index contributed by atoms with van der Waals surface area (Å²) in [4.78, 5) is 7.34. The molecule has 1 saturated carbocycles. The lowest BCUT2D eigenvalue weighted by Gasteiger charge is -2.12. The van der Waals surface area contributed by atoms with Gasteiger partial charge in [-0.05, 0) is 37.3 Å². The fourth-order valence-corrected chi connectivity index (χ4v) is 2.74. The molecule has 0 aromatic carbocycles. The van der Waals surface area contributed by atoms with Gasteiger partial charge in [0.1, 0.15) is 4.90 Å². The molecule has 1 aliphatic carbocycles. The maximum absolute atomic E-state index is 11.9. The molecular formula is C9H12ClN3O2S. The Morgan fingerprint density at radius 3 is 2.50 bits per heavy atom.